The van der Waals surface area contributed by atoms with Crippen LogP contribution in [0.25, 0.3) is 0 Å². The second-order valence-electron chi connectivity index (χ2n) is 5.30. The van der Waals surface area contributed by atoms with Crippen molar-refractivity contribution in [3.05, 3.63) is 30.1 Å². The van der Waals surface area contributed by atoms with Crippen LogP contribution in [0.1, 0.15) is 44.2 Å². The van der Waals surface area contributed by atoms with Gasteiger partial charge < -0.3 is 10.6 Å². The third kappa shape index (κ3) is 3.32. The van der Waals surface area contributed by atoms with Gasteiger partial charge in [0.1, 0.15) is 0 Å². The molecule has 4 nitrogen and oxygen atoms in total. The number of hydrogen-bond acceptors (Lipinski definition) is 3. The Balaban J connectivity index is 2.04. The Morgan fingerprint density at radius 3 is 2.95 bits per heavy atom. The zero-order chi connectivity index (χ0) is 13.7. The fourth-order valence-corrected chi connectivity index (χ4v) is 2.79. The van der Waals surface area contributed by atoms with E-state index in [4.69, 9.17) is 5.73 Å². The minimum atomic E-state index is 0.0750. The van der Waals surface area contributed by atoms with Crippen molar-refractivity contribution in [2.45, 2.75) is 38.6 Å². The first-order valence-corrected chi connectivity index (χ1v) is 7.14. The van der Waals surface area contributed by atoms with E-state index in [-0.39, 0.29) is 17.9 Å². The summed E-state index contributed by atoms with van der Waals surface area (Å²) in [5.74, 6) is 0.346. The number of nitrogens with zero attached hydrogens (tertiary/aromatic N) is 2. The smallest absolute Gasteiger partial charge is 0.225 e. The topological polar surface area (TPSA) is 59.2 Å². The van der Waals surface area contributed by atoms with Crippen LogP contribution < -0.4 is 5.73 Å². The molecule has 1 aliphatic heterocycles. The third-order valence-electron chi connectivity index (χ3n) is 3.89. The Kier molecular flexibility index (Phi) is 4.91. The first-order chi connectivity index (χ1) is 9.24. The number of likely N-dealkylation sites (tertiary alicyclic amines) is 1. The molecular weight excluding hydrogens is 238 g/mol. The van der Waals surface area contributed by atoms with Crippen LogP contribution >= 0.6 is 0 Å². The van der Waals surface area contributed by atoms with E-state index in [0.717, 1.165) is 32.2 Å². The fraction of sp³-hybridized carbons (Fsp3) is 0.600. The quantitative estimate of drug-likeness (QED) is 0.883. The van der Waals surface area contributed by atoms with Gasteiger partial charge in [0.25, 0.3) is 0 Å². The molecule has 2 heterocycles. The molecule has 2 N–H and O–H groups in total. The van der Waals surface area contributed by atoms with Crippen LogP contribution in [0.3, 0.4) is 0 Å². The van der Waals surface area contributed by atoms with E-state index in [9.17, 15) is 4.79 Å². The van der Waals surface area contributed by atoms with Gasteiger partial charge in [-0.15, -0.1) is 0 Å². The number of pyridine rings is 1. The average molecular weight is 261 g/mol. The first-order valence-electron chi connectivity index (χ1n) is 7.14. The van der Waals surface area contributed by atoms with Crippen LogP contribution in [0.5, 0.6) is 0 Å². The van der Waals surface area contributed by atoms with Gasteiger partial charge >= 0.3 is 0 Å². The second kappa shape index (κ2) is 6.66. The first kappa shape index (κ1) is 14.0. The summed E-state index contributed by atoms with van der Waals surface area (Å²) >= 11 is 0. The summed E-state index contributed by atoms with van der Waals surface area (Å²) < 4.78 is 0. The lowest BCUT2D eigenvalue weighted by Gasteiger charge is -2.27. The van der Waals surface area contributed by atoms with E-state index < -0.39 is 0 Å². The van der Waals surface area contributed by atoms with Gasteiger partial charge in [-0.3, -0.25) is 9.78 Å². The van der Waals surface area contributed by atoms with Gasteiger partial charge in [0.05, 0.1) is 6.04 Å². The van der Waals surface area contributed by atoms with Crippen LogP contribution in [-0.4, -0.2) is 28.9 Å². The summed E-state index contributed by atoms with van der Waals surface area (Å²) in [6.45, 7) is 3.55. The summed E-state index contributed by atoms with van der Waals surface area (Å²) in [6.07, 6.45) is 7.54. The molecule has 1 aromatic rings. The van der Waals surface area contributed by atoms with Gasteiger partial charge in [0, 0.05) is 24.9 Å². The molecule has 104 valence electrons. The van der Waals surface area contributed by atoms with E-state index in [2.05, 4.69) is 4.98 Å². The van der Waals surface area contributed by atoms with Crippen molar-refractivity contribution in [1.82, 2.24) is 9.88 Å². The molecule has 0 radical (unpaired) electrons. The van der Waals surface area contributed by atoms with Crippen LogP contribution in [0.15, 0.2) is 24.5 Å². The van der Waals surface area contributed by atoms with Gasteiger partial charge in [-0.1, -0.05) is 6.92 Å². The van der Waals surface area contributed by atoms with Crippen LogP contribution in [-0.2, 0) is 4.79 Å². The molecule has 19 heavy (non-hydrogen) atoms. The Bertz CT molecular complexity index is 407. The molecule has 2 unspecified atom stereocenters. The van der Waals surface area contributed by atoms with Gasteiger partial charge in [-0.25, -0.2) is 0 Å². The van der Waals surface area contributed by atoms with E-state index in [1.807, 2.05) is 24.0 Å². The zero-order valence-corrected chi connectivity index (χ0v) is 11.6. The zero-order valence-electron chi connectivity index (χ0n) is 11.6. The number of rotatable bonds is 5. The largest absolute Gasteiger partial charge is 0.335 e. The van der Waals surface area contributed by atoms with Crippen molar-refractivity contribution in [2.24, 2.45) is 11.7 Å². The van der Waals surface area contributed by atoms with Gasteiger partial charge in [-0.2, -0.15) is 0 Å². The summed E-state index contributed by atoms with van der Waals surface area (Å²) in [5.41, 5.74) is 6.72. The number of amides is 1. The minimum absolute atomic E-state index is 0.0750. The average Bonchev–Trinajstić information content (AvgIpc) is 2.94. The summed E-state index contributed by atoms with van der Waals surface area (Å²) in [7, 11) is 0. The maximum atomic E-state index is 12.5. The predicted molar refractivity (Wildman–Crippen MR) is 75.4 cm³/mol. The monoisotopic (exact) mass is 261 g/mol. The molecule has 0 saturated carbocycles. The summed E-state index contributed by atoms with van der Waals surface area (Å²) in [6, 6.07) is 4.26. The second-order valence-corrected chi connectivity index (χ2v) is 5.30. The number of carbonyl (C=O) groups excluding carboxylic acids is 1. The lowest BCUT2D eigenvalue weighted by atomic mass is 10.0. The maximum Gasteiger partial charge on any atom is 0.225 e. The normalized spacial score (nSPS) is 20.5. The van der Waals surface area contributed by atoms with Crippen molar-refractivity contribution >= 4 is 5.91 Å². The molecule has 0 bridgehead atoms. The molecule has 2 atom stereocenters. The van der Waals surface area contributed by atoms with Crippen molar-refractivity contribution in [2.75, 3.05) is 13.1 Å². The SMILES string of the molecule is CC(CCCN)C(=O)N1CCCC1c1ccncc1. The van der Waals surface area contributed by atoms with Crippen molar-refractivity contribution in [1.29, 1.82) is 0 Å². The van der Waals surface area contributed by atoms with E-state index in [1.54, 1.807) is 12.4 Å². The van der Waals surface area contributed by atoms with Crippen LogP contribution in [0.4, 0.5) is 0 Å². The highest BCUT2D eigenvalue weighted by molar-refractivity contribution is 5.79. The maximum absolute atomic E-state index is 12.5. The van der Waals surface area contributed by atoms with E-state index >= 15 is 0 Å². The van der Waals surface area contributed by atoms with Gasteiger partial charge in [-0.05, 0) is 49.9 Å². The Hall–Kier alpha value is -1.42. The summed E-state index contributed by atoms with van der Waals surface area (Å²) in [5, 5.41) is 0. The van der Waals surface area contributed by atoms with Crippen molar-refractivity contribution in [3.8, 4) is 0 Å². The molecular formula is C15H23N3O. The predicted octanol–water partition coefficient (Wildman–Crippen LogP) is 2.12. The summed E-state index contributed by atoms with van der Waals surface area (Å²) in [4.78, 5) is 18.6. The Morgan fingerprint density at radius 2 is 2.26 bits per heavy atom. The standard InChI is InChI=1S/C15H23N3O/c1-12(4-2-8-16)15(19)18-11-3-5-14(18)13-6-9-17-10-7-13/h6-7,9-10,12,14H,2-5,8,11,16H2,1H3. The lowest BCUT2D eigenvalue weighted by Crippen LogP contribution is -2.35. The highest BCUT2D eigenvalue weighted by atomic mass is 16.2. The molecule has 0 aromatic carbocycles. The number of aromatic nitrogens is 1. The van der Waals surface area contributed by atoms with Crippen molar-refractivity contribution in [3.63, 3.8) is 0 Å². The molecule has 0 aliphatic carbocycles. The molecule has 1 aromatic heterocycles. The number of nitrogens with two attached hydrogens (primary N) is 1. The molecule has 1 saturated heterocycles. The Morgan fingerprint density at radius 1 is 1.53 bits per heavy atom. The molecule has 1 aliphatic rings. The molecule has 2 rings (SSSR count). The highest BCUT2D eigenvalue weighted by Gasteiger charge is 2.31. The van der Waals surface area contributed by atoms with Crippen molar-refractivity contribution < 1.29 is 4.79 Å². The molecule has 1 amide bonds. The number of carbonyl (C=O) groups is 1. The lowest BCUT2D eigenvalue weighted by molar-refractivity contribution is -0.136. The number of hydrogen-bond donors (Lipinski definition) is 1. The Labute approximate surface area is 115 Å². The third-order valence-corrected chi connectivity index (χ3v) is 3.89. The molecule has 4 heteroatoms. The van der Waals surface area contributed by atoms with Gasteiger partial charge in [0.15, 0.2) is 0 Å². The fourth-order valence-electron chi connectivity index (χ4n) is 2.79. The highest BCUT2D eigenvalue weighted by Crippen LogP contribution is 2.33. The minimum Gasteiger partial charge on any atom is -0.335 e. The molecule has 1 fully saturated rings. The van der Waals surface area contributed by atoms with E-state index in [1.165, 1.54) is 5.56 Å². The van der Waals surface area contributed by atoms with Crippen LogP contribution in [0, 0.1) is 5.92 Å². The van der Waals surface area contributed by atoms with Gasteiger partial charge in [0.2, 0.25) is 5.91 Å². The van der Waals surface area contributed by atoms with Crippen LogP contribution in [0.2, 0.25) is 0 Å². The van der Waals surface area contributed by atoms with E-state index in [0.29, 0.717) is 6.54 Å². The molecule has 0 spiro atoms.